The van der Waals surface area contributed by atoms with Crippen LogP contribution in [0.1, 0.15) is 302 Å². The number of hydrogen-bond donors (Lipinski definition) is 2. The number of unbranched alkanes of at least 4 members (excludes halogenated alkanes) is 10. The van der Waals surface area contributed by atoms with Crippen LogP contribution in [-0.2, 0) is 109 Å². The minimum atomic E-state index is -0.537. The quantitative estimate of drug-likeness (QED) is 0.00709. The van der Waals surface area contributed by atoms with Crippen LogP contribution in [0, 0.1) is 59.2 Å². The van der Waals surface area contributed by atoms with Crippen LogP contribution in [0.2, 0.25) is 0 Å². The molecule has 15 aliphatic rings. The Kier molecular flexibility index (Phi) is 44.3. The number of hydrogen-bond acceptors (Lipinski definition) is 27. The van der Waals surface area contributed by atoms with E-state index in [-0.39, 0.29) is 186 Å². The van der Waals surface area contributed by atoms with Gasteiger partial charge in [-0.05, 0) is 106 Å². The van der Waals surface area contributed by atoms with E-state index in [4.69, 9.17) is 97.1 Å². The van der Waals surface area contributed by atoms with Gasteiger partial charge in [0.25, 0.3) is 6.47 Å². The van der Waals surface area contributed by atoms with E-state index in [9.17, 15) is 43.8 Å². The molecular formula is C95H147N6NaO26. The summed E-state index contributed by atoms with van der Waals surface area (Å²) in [4.78, 5) is 85.9. The smallest absolute Gasteiger partial charge is 0.464 e. The Balaban J connectivity index is 0.000000179. The maximum atomic E-state index is 12.6. The van der Waals surface area contributed by atoms with Gasteiger partial charge in [-0.3, -0.25) is 33.7 Å². The first-order valence-corrected chi connectivity index (χ1v) is 48.2. The van der Waals surface area contributed by atoms with Gasteiger partial charge < -0.3 is 102 Å². The van der Waals surface area contributed by atoms with E-state index in [2.05, 4.69) is 57.8 Å². The summed E-state index contributed by atoms with van der Waals surface area (Å²) in [6.07, 6.45) is 33.3. The zero-order chi connectivity index (χ0) is 90.8. The third-order valence-electron chi connectivity index (χ3n) is 29.2. The van der Waals surface area contributed by atoms with Crippen LogP contribution in [0.25, 0.3) is 26.4 Å². The third kappa shape index (κ3) is 29.5. The zero-order valence-electron chi connectivity index (χ0n) is 77.2. The van der Waals surface area contributed by atoms with Crippen LogP contribution in [0.4, 0.5) is 0 Å². The fourth-order valence-corrected chi connectivity index (χ4v) is 22.9. The molecule has 1 aromatic rings. The predicted molar refractivity (Wildman–Crippen MR) is 463 cm³/mol. The molecule has 20 atom stereocenters. The van der Waals surface area contributed by atoms with Crippen LogP contribution >= 0.6 is 0 Å². The van der Waals surface area contributed by atoms with Crippen molar-refractivity contribution in [2.24, 2.45) is 64.3 Å². The second-order valence-corrected chi connectivity index (χ2v) is 37.1. The van der Waals surface area contributed by atoms with Crippen molar-refractivity contribution in [2.75, 3.05) is 66.1 Å². The second-order valence-electron chi connectivity index (χ2n) is 37.1. The van der Waals surface area contributed by atoms with Gasteiger partial charge in [0, 0.05) is 142 Å². The van der Waals surface area contributed by atoms with E-state index in [0.29, 0.717) is 142 Å². The number of azide groups is 1. The average molecular weight is 1810 g/mol. The summed E-state index contributed by atoms with van der Waals surface area (Å²) >= 11 is 0. The Morgan fingerprint density at radius 3 is 0.977 bits per heavy atom. The van der Waals surface area contributed by atoms with Crippen LogP contribution < -0.4 is 29.6 Å². The van der Waals surface area contributed by atoms with Crippen molar-refractivity contribution in [1.82, 2.24) is 0 Å². The molecule has 128 heavy (non-hydrogen) atoms. The molecule has 0 aromatic heterocycles. The number of rotatable bonds is 40. The molecule has 33 heteroatoms. The molecule has 16 rings (SSSR count). The SMILES string of the molecule is C=C.CCCCCC1(CC[C@@H]2[C@H]3CC(=O)O[C@H]3C[C@@H]2O)OCCO1.CCCCCC1(CC[C@@H]2[C@H]3CC(=O)O[C@H]3C[C@@H]2OC=O)OCCO1.CCCCCC1(CC[C@@H]2[C@H]3CC(=O)O[C@H]3C[C@H]2N=[N+]=[N-])OCCO1.CCCCCC1(CC[C@@H]2[C@H]3CC(=O)O[C@H]3C[C@H]2O)OCCO1.CCCCCC1(CC[C@@H]2[C@H]3CC(=O)O[C@H]3C[C@H]2OC(=O)c2ccccc2)OCCO1.[N-]=[N+]=[N-].[Na+]. The van der Waals surface area contributed by atoms with Gasteiger partial charge in [0.1, 0.15) is 42.7 Å². The van der Waals surface area contributed by atoms with Gasteiger partial charge in [-0.15, -0.1) is 13.2 Å². The molecule has 0 bridgehead atoms. The summed E-state index contributed by atoms with van der Waals surface area (Å²) in [5, 5.41) is 24.5. The number of aliphatic hydroxyl groups excluding tert-OH is 2. The fourth-order valence-electron chi connectivity index (χ4n) is 22.9. The number of ether oxygens (including phenoxy) is 17. The molecule has 0 spiro atoms. The van der Waals surface area contributed by atoms with E-state index >= 15 is 0 Å². The topological polar surface area (TPSA) is 424 Å². The second kappa shape index (κ2) is 53.5. The summed E-state index contributed by atoms with van der Waals surface area (Å²) in [6, 6.07) is 8.96. The van der Waals surface area contributed by atoms with Gasteiger partial charge >= 0.3 is 65.4 Å². The molecule has 1 aromatic carbocycles. The van der Waals surface area contributed by atoms with E-state index in [1.165, 1.54) is 49.9 Å². The Morgan fingerprint density at radius 1 is 0.406 bits per heavy atom. The number of benzene rings is 1. The number of carbonyl (C=O) groups is 7. The minimum Gasteiger partial charge on any atom is -0.464 e. The average Bonchev–Trinajstić information content (AvgIpc) is 1.37. The van der Waals surface area contributed by atoms with Crippen LogP contribution in [0.3, 0.4) is 0 Å². The van der Waals surface area contributed by atoms with Gasteiger partial charge in [-0.2, -0.15) is 0 Å². The minimum absolute atomic E-state index is 0. The van der Waals surface area contributed by atoms with Gasteiger partial charge in [0.2, 0.25) is 0 Å². The van der Waals surface area contributed by atoms with Crippen molar-refractivity contribution in [3.63, 3.8) is 0 Å². The molecule has 0 radical (unpaired) electrons. The van der Waals surface area contributed by atoms with Crippen molar-refractivity contribution in [3.8, 4) is 0 Å². The monoisotopic (exact) mass is 1810 g/mol. The van der Waals surface area contributed by atoms with Crippen LogP contribution in [0.15, 0.2) is 48.6 Å². The maximum Gasteiger partial charge on any atom is 1.00 e. The molecule has 15 fully saturated rings. The zero-order valence-corrected chi connectivity index (χ0v) is 79.2. The Hall–Kier alpha value is -5.61. The fraction of sp³-hybridized carbons (Fsp3) is 0.842. The molecule has 0 amide bonds. The summed E-state index contributed by atoms with van der Waals surface area (Å²) in [6.45, 7) is 23.9. The maximum absolute atomic E-state index is 12.6. The number of aliphatic hydroxyl groups is 2. The van der Waals surface area contributed by atoms with Crippen molar-refractivity contribution in [3.05, 3.63) is 75.5 Å². The third-order valence-corrected chi connectivity index (χ3v) is 29.2. The number of fused-ring (bicyclic) bond motifs is 5. The first-order valence-electron chi connectivity index (χ1n) is 48.2. The predicted octanol–water partition coefficient (Wildman–Crippen LogP) is 14.0. The Labute approximate surface area is 778 Å². The number of esters is 6. The van der Waals surface area contributed by atoms with E-state index in [0.717, 1.165) is 148 Å². The number of carbonyl (C=O) groups excluding carboxylic acids is 7. The molecule has 714 valence electrons. The van der Waals surface area contributed by atoms with Gasteiger partial charge in [-0.25, -0.2) is 4.79 Å². The standard InChI is InChI=1S/C24H32O6.C18H28O6.C17H27N3O4.2C17H28O5.C2H4.N3.Na/c1-2-3-7-11-24(27-13-14-28-24)12-10-18-19-15-22(25)29-21(19)16-20(18)30-23(26)17-8-5-4-6-9-17;1-2-3-4-6-18(22-8-9-23-18)7-5-13-14-10-17(20)24-16(14)11-15(13)21-12-19;1-2-3-4-6-17(22-8-9-23-17)7-5-12-13-10-16(21)24-15(13)11-14(12)19-20-18;2*1-2-3-4-6-17(20-8-9-21-17)7-5-12-13-10-16(19)22-15(13)11-14(12)18;1-2;1-3-2;/h4-6,8-9,18-21H,2-3,7,10-16H2,1H3;12-16H,2-11H2,1H3;12-15H,2-11H2,1H3;2*12-15,18H,2-11H2,1H3;1-2H2;;/q;;;;;;-1;+1/t18-,19-,20-,21+;13-,14-,15+,16+;12-,13-,14-,15+;12-,13-,14+,15+;12-,13-,14-,15+;;;/m11111.../s1. The largest absolute Gasteiger partial charge is 1.00 e. The van der Waals surface area contributed by atoms with Crippen molar-refractivity contribution >= 4 is 42.3 Å². The van der Waals surface area contributed by atoms with Crippen molar-refractivity contribution < 1.29 is 154 Å². The molecule has 32 nitrogen and oxygen atoms in total. The van der Waals surface area contributed by atoms with Crippen molar-refractivity contribution in [1.29, 1.82) is 0 Å². The molecular weight excluding hydrogens is 1660 g/mol. The molecule has 5 aliphatic carbocycles. The van der Waals surface area contributed by atoms with Crippen LogP contribution in [-0.4, -0.2) is 208 Å². The van der Waals surface area contributed by atoms with Crippen molar-refractivity contribution in [2.45, 2.75) is 381 Å². The summed E-state index contributed by atoms with van der Waals surface area (Å²) in [7, 11) is 0. The molecule has 10 saturated heterocycles. The normalized spacial score (nSPS) is 32.4. The summed E-state index contributed by atoms with van der Waals surface area (Å²) < 4.78 is 97.6. The van der Waals surface area contributed by atoms with E-state index < -0.39 is 28.9 Å². The molecule has 0 unspecified atom stereocenters. The van der Waals surface area contributed by atoms with E-state index in [1.807, 2.05) is 18.2 Å². The first-order chi connectivity index (χ1) is 61.6. The number of nitrogens with zero attached hydrogens (tertiary/aromatic N) is 6. The Bertz CT molecular complexity index is 3550. The first kappa shape index (κ1) is 106. The molecule has 10 heterocycles. The molecule has 10 aliphatic heterocycles. The van der Waals surface area contributed by atoms with Gasteiger partial charge in [-0.1, -0.05) is 122 Å². The Morgan fingerprint density at radius 2 is 0.672 bits per heavy atom. The van der Waals surface area contributed by atoms with Crippen LogP contribution in [0.5, 0.6) is 0 Å². The van der Waals surface area contributed by atoms with E-state index in [1.54, 1.807) is 12.1 Å². The summed E-state index contributed by atoms with van der Waals surface area (Å²) in [5.41, 5.74) is 22.9. The van der Waals surface area contributed by atoms with Gasteiger partial charge in [0.15, 0.2) is 28.9 Å². The summed E-state index contributed by atoms with van der Waals surface area (Å²) in [5.74, 6) is -1.97. The molecule has 2 N–H and O–H groups in total. The van der Waals surface area contributed by atoms with Gasteiger partial charge in [0.05, 0.1) is 116 Å². The molecule has 5 saturated carbocycles.